The molecule has 0 N–H and O–H groups in total. The molecule has 0 aromatic heterocycles. The van der Waals surface area contributed by atoms with Gasteiger partial charge in [0.15, 0.2) is 0 Å². The fourth-order valence-electron chi connectivity index (χ4n) is 2.76. The van der Waals surface area contributed by atoms with Crippen molar-refractivity contribution in [1.82, 2.24) is 0 Å². The van der Waals surface area contributed by atoms with Crippen LogP contribution in [-0.4, -0.2) is 12.0 Å². The van der Waals surface area contributed by atoms with Gasteiger partial charge >= 0.3 is 0 Å². The zero-order chi connectivity index (χ0) is 24.2. The van der Waals surface area contributed by atoms with Gasteiger partial charge in [-0.1, -0.05) is 70.8 Å². The number of aliphatic imine (C=N–C) groups is 4. The standard InChI is InChI=1S/2C15H14N2/c2*1-12-3-7-14(8-4-12)16-11-17-15-9-5-13(2)6-10-15/h2*3-10H,1-2H3. The number of hydrogen-bond acceptors (Lipinski definition) is 4. The fraction of sp³-hybridized carbons (Fsp3) is 0.133. The minimum Gasteiger partial charge on any atom is -0.188 e. The van der Waals surface area contributed by atoms with Crippen molar-refractivity contribution in [2.24, 2.45) is 20.0 Å². The van der Waals surface area contributed by atoms with Crippen molar-refractivity contribution >= 4 is 34.8 Å². The first kappa shape index (κ1) is 24.3. The molecule has 4 nitrogen and oxygen atoms in total. The first-order valence-electron chi connectivity index (χ1n) is 11.1. The average Bonchev–Trinajstić information content (AvgIpc) is 2.85. The molecule has 0 fully saturated rings. The molecular weight excluding hydrogens is 416 g/mol. The number of rotatable bonds is 4. The summed E-state index contributed by atoms with van der Waals surface area (Å²) < 4.78 is 0. The molecule has 34 heavy (non-hydrogen) atoms. The highest BCUT2D eigenvalue weighted by atomic mass is 14.8. The summed E-state index contributed by atoms with van der Waals surface area (Å²) in [5.74, 6) is 0. The first-order valence-corrected chi connectivity index (χ1v) is 11.1. The van der Waals surface area contributed by atoms with Crippen molar-refractivity contribution in [3.63, 3.8) is 0 Å². The molecule has 0 atom stereocenters. The third-order valence-electron chi connectivity index (χ3n) is 4.85. The number of aryl methyl sites for hydroxylation is 4. The molecule has 4 heteroatoms. The smallest absolute Gasteiger partial charge is 0.100 e. The van der Waals surface area contributed by atoms with E-state index in [0.29, 0.717) is 0 Å². The zero-order valence-electron chi connectivity index (χ0n) is 20.0. The molecule has 4 aromatic rings. The predicted molar refractivity (Wildman–Crippen MR) is 143 cm³/mol. The van der Waals surface area contributed by atoms with Crippen LogP contribution in [0.1, 0.15) is 22.3 Å². The van der Waals surface area contributed by atoms with Gasteiger partial charge in [0.1, 0.15) is 12.0 Å². The summed E-state index contributed by atoms with van der Waals surface area (Å²) in [6.45, 7) is 8.20. The quantitative estimate of drug-likeness (QED) is 0.282. The van der Waals surface area contributed by atoms with Gasteiger partial charge in [0.2, 0.25) is 0 Å². The van der Waals surface area contributed by atoms with Crippen LogP contribution in [0.5, 0.6) is 0 Å². The summed E-state index contributed by atoms with van der Waals surface area (Å²) in [4.78, 5) is 16.6. The third kappa shape index (κ3) is 8.64. The van der Waals surface area contributed by atoms with Crippen LogP contribution in [0.4, 0.5) is 22.7 Å². The molecule has 168 valence electrons. The summed E-state index contributed by atoms with van der Waals surface area (Å²) in [5.41, 5.74) is 8.36. The predicted octanol–water partition coefficient (Wildman–Crippen LogP) is 8.88. The highest BCUT2D eigenvalue weighted by Gasteiger charge is 1.89. The van der Waals surface area contributed by atoms with E-state index < -0.39 is 0 Å². The molecule has 0 radical (unpaired) electrons. The fourth-order valence-corrected chi connectivity index (χ4v) is 2.76. The van der Waals surface area contributed by atoms with E-state index in [1.807, 2.05) is 125 Å². The Bertz CT molecular complexity index is 1100. The Morgan fingerprint density at radius 1 is 0.324 bits per heavy atom. The van der Waals surface area contributed by atoms with Crippen LogP contribution in [0, 0.1) is 27.7 Å². The van der Waals surface area contributed by atoms with Gasteiger partial charge < -0.3 is 0 Å². The van der Waals surface area contributed by atoms with Gasteiger partial charge in [-0.15, -0.1) is 0 Å². The molecule has 0 aliphatic carbocycles. The molecule has 0 amide bonds. The van der Waals surface area contributed by atoms with Gasteiger partial charge in [-0.05, 0) is 76.2 Å². The Morgan fingerprint density at radius 3 is 0.676 bits per heavy atom. The Kier molecular flexibility index (Phi) is 9.01. The first-order chi connectivity index (χ1) is 16.5. The minimum atomic E-state index is 0.867. The molecule has 0 spiro atoms. The second-order valence-electron chi connectivity index (χ2n) is 7.99. The summed E-state index contributed by atoms with van der Waals surface area (Å²) in [5, 5.41) is 0. The van der Waals surface area contributed by atoms with Gasteiger partial charge in [0, 0.05) is 0 Å². The molecule has 0 heterocycles. The second-order valence-corrected chi connectivity index (χ2v) is 7.99. The van der Waals surface area contributed by atoms with Crippen LogP contribution in [0.15, 0.2) is 117 Å². The Labute approximate surface area is 201 Å². The van der Waals surface area contributed by atoms with Crippen molar-refractivity contribution in [2.75, 3.05) is 0 Å². The van der Waals surface area contributed by atoms with Crippen LogP contribution in [0.3, 0.4) is 0 Å². The second kappa shape index (κ2) is 12.6. The molecule has 4 rings (SSSR count). The maximum atomic E-state index is 4.15. The minimum absolute atomic E-state index is 0.867. The Balaban J connectivity index is 0.000000191. The topological polar surface area (TPSA) is 49.4 Å². The molecule has 0 saturated carbocycles. The van der Waals surface area contributed by atoms with Crippen LogP contribution in [-0.2, 0) is 0 Å². The van der Waals surface area contributed by atoms with E-state index in [-0.39, 0.29) is 0 Å². The van der Waals surface area contributed by atoms with Crippen molar-refractivity contribution in [3.8, 4) is 0 Å². The van der Waals surface area contributed by atoms with Gasteiger partial charge in [0.05, 0.1) is 22.7 Å². The van der Waals surface area contributed by atoms with Crippen LogP contribution in [0.25, 0.3) is 0 Å². The molecule has 0 bridgehead atoms. The van der Waals surface area contributed by atoms with Crippen molar-refractivity contribution in [3.05, 3.63) is 119 Å². The monoisotopic (exact) mass is 444 g/mol. The zero-order valence-corrected chi connectivity index (χ0v) is 20.0. The maximum Gasteiger partial charge on any atom is 0.100 e. The summed E-state index contributed by atoms with van der Waals surface area (Å²) in [7, 11) is 0. The van der Waals surface area contributed by atoms with Crippen LogP contribution < -0.4 is 0 Å². The largest absolute Gasteiger partial charge is 0.188 e. The van der Waals surface area contributed by atoms with E-state index in [9.17, 15) is 0 Å². The highest BCUT2D eigenvalue weighted by Crippen LogP contribution is 2.15. The summed E-state index contributed by atoms with van der Waals surface area (Å²) >= 11 is 0. The molecular formula is C30H28N4. The van der Waals surface area contributed by atoms with Gasteiger partial charge in [-0.2, -0.15) is 20.0 Å². The lowest BCUT2D eigenvalue weighted by molar-refractivity contribution is 1.42. The highest BCUT2D eigenvalue weighted by molar-refractivity contribution is 5.58. The van der Waals surface area contributed by atoms with E-state index in [2.05, 4.69) is 32.0 Å². The Hall–Kier alpha value is -4.36. The SMILES string of the molecule is Cc1ccc(N=C=Nc2ccc(C)cc2)cc1.Cc1ccc(N=C=Nc2ccc(C)cc2)cc1. The van der Waals surface area contributed by atoms with Crippen molar-refractivity contribution in [2.45, 2.75) is 27.7 Å². The number of nitrogens with zero attached hydrogens (tertiary/aromatic N) is 4. The third-order valence-corrected chi connectivity index (χ3v) is 4.85. The molecule has 4 aromatic carbocycles. The number of hydrogen-bond donors (Lipinski definition) is 0. The van der Waals surface area contributed by atoms with Gasteiger partial charge in [0.25, 0.3) is 0 Å². The lowest BCUT2D eigenvalue weighted by atomic mass is 10.2. The lowest BCUT2D eigenvalue weighted by Crippen LogP contribution is -1.69. The van der Waals surface area contributed by atoms with E-state index >= 15 is 0 Å². The molecule has 0 aliphatic heterocycles. The number of benzene rings is 4. The van der Waals surface area contributed by atoms with Crippen molar-refractivity contribution in [1.29, 1.82) is 0 Å². The van der Waals surface area contributed by atoms with Gasteiger partial charge in [-0.25, -0.2) is 0 Å². The average molecular weight is 445 g/mol. The Morgan fingerprint density at radius 2 is 0.500 bits per heavy atom. The molecule has 0 unspecified atom stereocenters. The van der Waals surface area contributed by atoms with E-state index in [4.69, 9.17) is 0 Å². The van der Waals surface area contributed by atoms with Crippen LogP contribution >= 0.6 is 0 Å². The lowest BCUT2D eigenvalue weighted by Gasteiger charge is -1.92. The maximum absolute atomic E-state index is 4.15. The summed E-state index contributed by atoms with van der Waals surface area (Å²) in [6.07, 6.45) is 0. The summed E-state index contributed by atoms with van der Waals surface area (Å²) in [6, 6.07) is 37.2. The van der Waals surface area contributed by atoms with Gasteiger partial charge in [-0.3, -0.25) is 0 Å². The molecule has 0 aliphatic rings. The van der Waals surface area contributed by atoms with E-state index in [1.54, 1.807) is 0 Å². The van der Waals surface area contributed by atoms with E-state index in [0.717, 1.165) is 22.7 Å². The molecule has 0 saturated heterocycles. The van der Waals surface area contributed by atoms with Crippen LogP contribution in [0.2, 0.25) is 0 Å². The van der Waals surface area contributed by atoms with Crippen molar-refractivity contribution < 1.29 is 0 Å². The van der Waals surface area contributed by atoms with E-state index in [1.165, 1.54) is 22.3 Å². The normalized spacial score (nSPS) is 9.53.